The van der Waals surface area contributed by atoms with Crippen LogP contribution in [0.4, 0.5) is 10.8 Å². The number of aromatic nitrogens is 3. The zero-order chi connectivity index (χ0) is 10.3. The Morgan fingerprint density at radius 1 is 1.47 bits per heavy atom. The summed E-state index contributed by atoms with van der Waals surface area (Å²) in [6.45, 7) is 2.90. The lowest BCUT2D eigenvalue weighted by molar-refractivity contribution is 0.981. The zero-order valence-electron chi connectivity index (χ0n) is 8.34. The number of pyridine rings is 1. The molecule has 0 N–H and O–H groups in total. The van der Waals surface area contributed by atoms with Crippen LogP contribution in [0.15, 0.2) is 18.5 Å². The first kappa shape index (κ1) is 8.79. The van der Waals surface area contributed by atoms with Gasteiger partial charge in [-0.1, -0.05) is 0 Å². The third kappa shape index (κ3) is 1.39. The van der Waals surface area contributed by atoms with Gasteiger partial charge in [-0.25, -0.2) is 4.98 Å². The smallest absolute Gasteiger partial charge is 0.209 e. The van der Waals surface area contributed by atoms with Crippen LogP contribution in [0.1, 0.15) is 11.4 Å². The summed E-state index contributed by atoms with van der Waals surface area (Å²) < 4.78 is 4.21. The third-order valence-corrected chi connectivity index (χ3v) is 3.35. The molecule has 76 valence electrons. The minimum absolute atomic E-state index is 0.845. The number of hydrogen-bond donors (Lipinski definition) is 0. The second-order valence-corrected chi connectivity index (χ2v) is 4.26. The van der Waals surface area contributed by atoms with Crippen molar-refractivity contribution in [1.82, 2.24) is 14.3 Å². The Morgan fingerprint density at radius 3 is 3.20 bits per heavy atom. The lowest BCUT2D eigenvalue weighted by Crippen LogP contribution is -2.12. The van der Waals surface area contributed by atoms with Crippen molar-refractivity contribution in [3.63, 3.8) is 0 Å². The Labute approximate surface area is 91.8 Å². The van der Waals surface area contributed by atoms with E-state index >= 15 is 0 Å². The first-order valence-corrected chi connectivity index (χ1v) is 5.62. The van der Waals surface area contributed by atoms with Gasteiger partial charge in [-0.3, -0.25) is 4.98 Å². The monoisotopic (exact) mass is 218 g/mol. The first-order valence-electron chi connectivity index (χ1n) is 4.85. The van der Waals surface area contributed by atoms with Crippen molar-refractivity contribution in [2.75, 3.05) is 11.4 Å². The molecule has 0 saturated heterocycles. The van der Waals surface area contributed by atoms with E-state index in [1.165, 1.54) is 22.8 Å². The molecule has 1 aliphatic heterocycles. The van der Waals surface area contributed by atoms with Crippen molar-refractivity contribution in [2.45, 2.75) is 13.3 Å². The molecule has 3 rings (SSSR count). The van der Waals surface area contributed by atoms with Gasteiger partial charge in [0.1, 0.15) is 5.82 Å². The summed E-state index contributed by atoms with van der Waals surface area (Å²) in [6.07, 6.45) is 4.80. The van der Waals surface area contributed by atoms with Crippen molar-refractivity contribution in [1.29, 1.82) is 0 Å². The standard InChI is InChI=1S/C10H10N4S/c1-7-12-10(15-13-7)14-5-3-8-6-11-4-2-9(8)14/h2,4,6H,3,5H2,1H3. The van der Waals surface area contributed by atoms with Crippen LogP contribution in [-0.2, 0) is 6.42 Å². The van der Waals surface area contributed by atoms with E-state index in [0.717, 1.165) is 23.9 Å². The predicted molar refractivity (Wildman–Crippen MR) is 59.6 cm³/mol. The van der Waals surface area contributed by atoms with Gasteiger partial charge in [-0.05, 0) is 25.0 Å². The first-order chi connectivity index (χ1) is 7.34. The molecule has 0 radical (unpaired) electrons. The molecule has 4 nitrogen and oxygen atoms in total. The molecule has 5 heteroatoms. The van der Waals surface area contributed by atoms with E-state index in [1.807, 2.05) is 25.4 Å². The van der Waals surface area contributed by atoms with Crippen LogP contribution >= 0.6 is 11.5 Å². The normalized spacial score (nSPS) is 14.3. The van der Waals surface area contributed by atoms with E-state index in [0.29, 0.717) is 0 Å². The fourth-order valence-electron chi connectivity index (χ4n) is 1.82. The summed E-state index contributed by atoms with van der Waals surface area (Å²) in [5.41, 5.74) is 2.52. The molecule has 0 aromatic carbocycles. The average Bonchev–Trinajstić information content (AvgIpc) is 2.83. The van der Waals surface area contributed by atoms with Gasteiger partial charge in [0, 0.05) is 36.2 Å². The minimum atomic E-state index is 0.845. The van der Waals surface area contributed by atoms with Gasteiger partial charge in [-0.2, -0.15) is 4.37 Å². The van der Waals surface area contributed by atoms with E-state index in [4.69, 9.17) is 0 Å². The molecule has 0 saturated carbocycles. The van der Waals surface area contributed by atoms with E-state index < -0.39 is 0 Å². The molecule has 0 atom stereocenters. The highest BCUT2D eigenvalue weighted by atomic mass is 32.1. The van der Waals surface area contributed by atoms with Gasteiger partial charge in [0.25, 0.3) is 0 Å². The highest BCUT2D eigenvalue weighted by Crippen LogP contribution is 2.34. The van der Waals surface area contributed by atoms with Gasteiger partial charge in [0.15, 0.2) is 0 Å². The number of rotatable bonds is 1. The van der Waals surface area contributed by atoms with E-state index in [9.17, 15) is 0 Å². The number of hydrogen-bond acceptors (Lipinski definition) is 5. The molecule has 0 aliphatic carbocycles. The van der Waals surface area contributed by atoms with Crippen LogP contribution < -0.4 is 4.90 Å². The molecule has 0 fully saturated rings. The quantitative estimate of drug-likeness (QED) is 0.733. The lowest BCUT2D eigenvalue weighted by atomic mass is 10.2. The molecular weight excluding hydrogens is 208 g/mol. The second kappa shape index (κ2) is 3.27. The van der Waals surface area contributed by atoms with Crippen LogP contribution in [0.25, 0.3) is 0 Å². The number of fused-ring (bicyclic) bond motifs is 1. The Kier molecular flexibility index (Phi) is 1.92. The Bertz CT molecular complexity index is 494. The minimum Gasteiger partial charge on any atom is -0.316 e. The highest BCUT2D eigenvalue weighted by molar-refractivity contribution is 7.09. The summed E-state index contributed by atoms with van der Waals surface area (Å²) in [7, 11) is 0. The van der Waals surface area contributed by atoms with Gasteiger partial charge < -0.3 is 4.90 Å². The number of aryl methyl sites for hydroxylation is 1. The number of anilines is 2. The largest absolute Gasteiger partial charge is 0.316 e. The van der Waals surface area contributed by atoms with Gasteiger partial charge in [0.2, 0.25) is 5.13 Å². The van der Waals surface area contributed by atoms with Crippen LogP contribution in [-0.4, -0.2) is 20.9 Å². The third-order valence-electron chi connectivity index (χ3n) is 2.52. The van der Waals surface area contributed by atoms with Crippen molar-refractivity contribution in [3.05, 3.63) is 29.8 Å². The summed E-state index contributed by atoms with van der Waals surface area (Å²) in [5, 5.41) is 0.984. The molecule has 2 aromatic rings. The molecule has 2 aromatic heterocycles. The summed E-state index contributed by atoms with van der Waals surface area (Å²) >= 11 is 1.45. The molecule has 1 aliphatic rings. The summed E-state index contributed by atoms with van der Waals surface area (Å²) in [5.74, 6) is 0.845. The molecule has 0 spiro atoms. The SMILES string of the molecule is Cc1nsc(N2CCc3cnccc32)n1. The van der Waals surface area contributed by atoms with Crippen molar-refractivity contribution in [2.24, 2.45) is 0 Å². The maximum absolute atomic E-state index is 4.40. The molecular formula is C10H10N4S. The average molecular weight is 218 g/mol. The maximum Gasteiger partial charge on any atom is 0.209 e. The van der Waals surface area contributed by atoms with Crippen LogP contribution in [0, 0.1) is 6.92 Å². The van der Waals surface area contributed by atoms with Gasteiger partial charge in [0.05, 0.1) is 0 Å². The fourth-order valence-corrected chi connectivity index (χ4v) is 2.54. The molecule has 0 amide bonds. The molecule has 0 unspecified atom stereocenters. The Balaban J connectivity index is 2.04. The molecule has 15 heavy (non-hydrogen) atoms. The topological polar surface area (TPSA) is 41.9 Å². The Morgan fingerprint density at radius 2 is 2.40 bits per heavy atom. The number of nitrogens with zero attached hydrogens (tertiary/aromatic N) is 4. The summed E-state index contributed by atoms with van der Waals surface area (Å²) in [4.78, 5) is 10.7. The van der Waals surface area contributed by atoms with Gasteiger partial charge >= 0.3 is 0 Å². The van der Waals surface area contributed by atoms with Crippen LogP contribution in [0.2, 0.25) is 0 Å². The van der Waals surface area contributed by atoms with Crippen LogP contribution in [0.3, 0.4) is 0 Å². The maximum atomic E-state index is 4.40. The van der Waals surface area contributed by atoms with Crippen LogP contribution in [0.5, 0.6) is 0 Å². The van der Waals surface area contributed by atoms with E-state index in [2.05, 4.69) is 19.2 Å². The fraction of sp³-hybridized carbons (Fsp3) is 0.300. The predicted octanol–water partition coefficient (Wildman–Crippen LogP) is 1.94. The van der Waals surface area contributed by atoms with Crippen molar-refractivity contribution in [3.8, 4) is 0 Å². The second-order valence-electron chi connectivity index (χ2n) is 3.53. The molecule has 3 heterocycles. The van der Waals surface area contributed by atoms with Gasteiger partial charge in [-0.15, -0.1) is 0 Å². The summed E-state index contributed by atoms with van der Waals surface area (Å²) in [6, 6.07) is 2.04. The molecule has 0 bridgehead atoms. The lowest BCUT2D eigenvalue weighted by Gasteiger charge is -2.14. The zero-order valence-corrected chi connectivity index (χ0v) is 9.16. The van der Waals surface area contributed by atoms with E-state index in [-0.39, 0.29) is 0 Å². The highest BCUT2D eigenvalue weighted by Gasteiger charge is 2.22. The Hall–Kier alpha value is -1.49. The van der Waals surface area contributed by atoms with Crippen molar-refractivity contribution < 1.29 is 0 Å². The van der Waals surface area contributed by atoms with E-state index in [1.54, 1.807) is 0 Å². The van der Waals surface area contributed by atoms with Crippen molar-refractivity contribution >= 4 is 22.4 Å².